The van der Waals surface area contributed by atoms with Crippen molar-refractivity contribution in [1.29, 1.82) is 0 Å². The lowest BCUT2D eigenvalue weighted by Crippen LogP contribution is -2.54. The summed E-state index contributed by atoms with van der Waals surface area (Å²) in [6, 6.07) is 9.92. The molecule has 2 unspecified atom stereocenters. The van der Waals surface area contributed by atoms with Crippen LogP contribution in [0.3, 0.4) is 0 Å². The van der Waals surface area contributed by atoms with E-state index in [9.17, 15) is 9.90 Å². The van der Waals surface area contributed by atoms with Gasteiger partial charge in [0, 0.05) is 18.0 Å². The van der Waals surface area contributed by atoms with Crippen LogP contribution in [0.2, 0.25) is 0 Å². The van der Waals surface area contributed by atoms with Crippen molar-refractivity contribution in [2.45, 2.75) is 57.1 Å². The third-order valence-electron chi connectivity index (χ3n) is 4.28. The van der Waals surface area contributed by atoms with Crippen molar-refractivity contribution in [1.82, 2.24) is 10.6 Å². The molecule has 2 rings (SSSR count). The van der Waals surface area contributed by atoms with Gasteiger partial charge in [-0.05, 0) is 45.1 Å². The van der Waals surface area contributed by atoms with Crippen molar-refractivity contribution >= 4 is 6.03 Å². The quantitative estimate of drug-likeness (QED) is 0.754. The van der Waals surface area contributed by atoms with Crippen LogP contribution >= 0.6 is 0 Å². The van der Waals surface area contributed by atoms with E-state index in [4.69, 9.17) is 0 Å². The maximum Gasteiger partial charge on any atom is 0.315 e. The summed E-state index contributed by atoms with van der Waals surface area (Å²) in [5, 5.41) is 15.6. The van der Waals surface area contributed by atoms with Crippen LogP contribution in [0, 0.1) is 0 Å². The Bertz CT molecular complexity index is 455. The molecule has 0 bridgehead atoms. The van der Waals surface area contributed by atoms with Gasteiger partial charge in [-0.15, -0.1) is 0 Å². The Kier molecular flexibility index (Phi) is 5.23. The molecular weight excluding hydrogens is 264 g/mol. The lowest BCUT2D eigenvalue weighted by atomic mass is 9.79. The lowest BCUT2D eigenvalue weighted by Gasteiger charge is -2.39. The Labute approximate surface area is 126 Å². The van der Waals surface area contributed by atoms with E-state index < -0.39 is 0 Å². The Morgan fingerprint density at radius 3 is 2.52 bits per heavy atom. The van der Waals surface area contributed by atoms with Crippen molar-refractivity contribution in [3.05, 3.63) is 35.9 Å². The van der Waals surface area contributed by atoms with Gasteiger partial charge in [0.25, 0.3) is 0 Å². The Morgan fingerprint density at radius 2 is 2.00 bits per heavy atom. The molecule has 0 aromatic heterocycles. The molecule has 0 radical (unpaired) electrons. The zero-order chi connectivity index (χ0) is 15.3. The first-order valence-corrected chi connectivity index (χ1v) is 7.77. The van der Waals surface area contributed by atoms with Gasteiger partial charge in [0.05, 0.1) is 6.10 Å². The van der Waals surface area contributed by atoms with Crippen molar-refractivity contribution in [2.75, 3.05) is 6.54 Å². The van der Waals surface area contributed by atoms with E-state index in [2.05, 4.69) is 17.6 Å². The molecule has 0 aliphatic heterocycles. The van der Waals surface area contributed by atoms with Crippen LogP contribution in [-0.2, 0) is 0 Å². The van der Waals surface area contributed by atoms with E-state index in [1.54, 1.807) is 6.92 Å². The molecule has 116 valence electrons. The SMILES string of the molecule is CC(O)CC(CNC(=O)NC1(C)CCC1)c1ccccc1. The minimum absolute atomic E-state index is 0.0312. The van der Waals surface area contributed by atoms with Gasteiger partial charge in [-0.1, -0.05) is 30.3 Å². The number of nitrogens with one attached hydrogen (secondary N) is 2. The molecule has 1 saturated carbocycles. The molecule has 0 heterocycles. The normalized spacial score (nSPS) is 19.2. The average molecular weight is 290 g/mol. The Balaban J connectivity index is 1.88. The van der Waals surface area contributed by atoms with Crippen molar-refractivity contribution in [3.8, 4) is 0 Å². The number of rotatable bonds is 6. The molecule has 2 atom stereocenters. The second kappa shape index (κ2) is 6.94. The number of urea groups is 1. The van der Waals surface area contributed by atoms with Crippen molar-refractivity contribution < 1.29 is 9.90 Å². The molecule has 4 nitrogen and oxygen atoms in total. The number of aliphatic hydroxyl groups excluding tert-OH is 1. The fraction of sp³-hybridized carbons (Fsp3) is 0.588. The number of aliphatic hydroxyl groups is 1. The molecule has 0 spiro atoms. The first kappa shape index (κ1) is 15.8. The van der Waals surface area contributed by atoms with Gasteiger partial charge in [0.15, 0.2) is 0 Å². The largest absolute Gasteiger partial charge is 0.393 e. The summed E-state index contributed by atoms with van der Waals surface area (Å²) in [7, 11) is 0. The molecule has 4 heteroatoms. The van der Waals surface area contributed by atoms with Crippen LogP contribution in [0.25, 0.3) is 0 Å². The highest BCUT2D eigenvalue weighted by Gasteiger charge is 2.33. The molecule has 1 fully saturated rings. The van der Waals surface area contributed by atoms with Crippen LogP contribution < -0.4 is 10.6 Å². The number of benzene rings is 1. The van der Waals surface area contributed by atoms with Gasteiger partial charge in [0.2, 0.25) is 0 Å². The Hall–Kier alpha value is -1.55. The maximum absolute atomic E-state index is 12.0. The van der Waals surface area contributed by atoms with Crippen molar-refractivity contribution in [3.63, 3.8) is 0 Å². The van der Waals surface area contributed by atoms with Gasteiger partial charge >= 0.3 is 6.03 Å². The van der Waals surface area contributed by atoms with Gasteiger partial charge in [-0.25, -0.2) is 4.79 Å². The van der Waals surface area contributed by atoms with Crippen LogP contribution in [0.4, 0.5) is 4.79 Å². The van der Waals surface area contributed by atoms with E-state index in [0.29, 0.717) is 13.0 Å². The van der Waals surface area contributed by atoms with E-state index in [0.717, 1.165) is 18.4 Å². The van der Waals surface area contributed by atoms with Crippen LogP contribution in [0.15, 0.2) is 30.3 Å². The maximum atomic E-state index is 12.0. The molecule has 1 aliphatic carbocycles. The van der Waals surface area contributed by atoms with Gasteiger partial charge in [0.1, 0.15) is 0 Å². The number of amides is 2. The average Bonchev–Trinajstić information content (AvgIpc) is 2.42. The molecule has 1 aromatic rings. The standard InChI is InChI=1S/C17H26N2O2/c1-13(20)11-15(14-7-4-3-5-8-14)12-18-16(21)19-17(2)9-6-10-17/h3-5,7-8,13,15,20H,6,9-12H2,1-2H3,(H2,18,19,21). The van der Waals surface area contributed by atoms with Crippen LogP contribution in [0.5, 0.6) is 0 Å². The first-order chi connectivity index (χ1) is 9.98. The van der Waals surface area contributed by atoms with Gasteiger partial charge in [-0.3, -0.25) is 0 Å². The third kappa shape index (κ3) is 4.74. The van der Waals surface area contributed by atoms with E-state index >= 15 is 0 Å². The predicted octanol–water partition coefficient (Wildman–Crippen LogP) is 2.78. The summed E-state index contributed by atoms with van der Waals surface area (Å²) in [4.78, 5) is 12.0. The number of hydrogen-bond acceptors (Lipinski definition) is 2. The summed E-state index contributed by atoms with van der Waals surface area (Å²) in [5.74, 6) is 0.131. The van der Waals surface area contributed by atoms with E-state index in [1.165, 1.54) is 6.42 Å². The minimum Gasteiger partial charge on any atom is -0.393 e. The number of carbonyl (C=O) groups excluding carboxylic acids is 1. The highest BCUT2D eigenvalue weighted by atomic mass is 16.3. The predicted molar refractivity (Wildman–Crippen MR) is 84.3 cm³/mol. The molecule has 0 saturated heterocycles. The number of hydrogen-bond donors (Lipinski definition) is 3. The Morgan fingerprint density at radius 1 is 1.33 bits per heavy atom. The molecule has 1 aliphatic rings. The van der Waals surface area contributed by atoms with E-state index in [1.807, 2.05) is 30.3 Å². The molecule has 1 aromatic carbocycles. The highest BCUT2D eigenvalue weighted by molar-refractivity contribution is 5.75. The topological polar surface area (TPSA) is 61.4 Å². The summed E-state index contributed by atoms with van der Waals surface area (Å²) in [6.45, 7) is 4.41. The summed E-state index contributed by atoms with van der Waals surface area (Å²) < 4.78 is 0. The molecule has 2 amide bonds. The highest BCUT2D eigenvalue weighted by Crippen LogP contribution is 2.30. The second-order valence-corrected chi connectivity index (χ2v) is 6.44. The second-order valence-electron chi connectivity index (χ2n) is 6.44. The first-order valence-electron chi connectivity index (χ1n) is 7.77. The van der Waals surface area contributed by atoms with Crippen molar-refractivity contribution in [2.24, 2.45) is 0 Å². The lowest BCUT2D eigenvalue weighted by molar-refractivity contribution is 0.170. The zero-order valence-corrected chi connectivity index (χ0v) is 12.9. The molecule has 3 N–H and O–H groups in total. The number of carbonyl (C=O) groups is 1. The van der Waals surface area contributed by atoms with E-state index in [-0.39, 0.29) is 23.6 Å². The summed E-state index contributed by atoms with van der Waals surface area (Å²) >= 11 is 0. The van der Waals surface area contributed by atoms with Crippen LogP contribution in [-0.4, -0.2) is 29.3 Å². The van der Waals surface area contributed by atoms with Gasteiger partial charge in [-0.2, -0.15) is 0 Å². The van der Waals surface area contributed by atoms with Gasteiger partial charge < -0.3 is 15.7 Å². The minimum atomic E-state index is -0.385. The smallest absolute Gasteiger partial charge is 0.315 e. The summed E-state index contributed by atoms with van der Waals surface area (Å²) in [6.07, 6.45) is 3.55. The zero-order valence-electron chi connectivity index (χ0n) is 12.9. The fourth-order valence-electron chi connectivity index (χ4n) is 2.84. The van der Waals surface area contributed by atoms with Crippen LogP contribution in [0.1, 0.15) is 51.0 Å². The monoisotopic (exact) mass is 290 g/mol. The summed E-state index contributed by atoms with van der Waals surface area (Å²) in [5.41, 5.74) is 1.12. The third-order valence-corrected chi connectivity index (χ3v) is 4.28. The molecular formula is C17H26N2O2. The molecule has 21 heavy (non-hydrogen) atoms. The fourth-order valence-corrected chi connectivity index (χ4v) is 2.84.